The number of nitrogens with zero attached hydrogens (tertiary/aromatic N) is 1. The number of halogens is 3. The van der Waals surface area contributed by atoms with Crippen LogP contribution in [0.15, 0.2) is 18.2 Å². The molecule has 1 aromatic rings. The number of ketones is 1. The van der Waals surface area contributed by atoms with Crippen LogP contribution in [-0.4, -0.2) is 53.5 Å². The number of piperidine rings is 1. The van der Waals surface area contributed by atoms with Gasteiger partial charge in [-0.25, -0.2) is 9.59 Å². The van der Waals surface area contributed by atoms with E-state index in [1.807, 2.05) is 0 Å². The molecule has 1 aliphatic heterocycles. The minimum Gasteiger partial charge on any atom is -0.465 e. The number of hydrogen-bond acceptors (Lipinski definition) is 7. The monoisotopic (exact) mass is 591 g/mol. The number of carbonyl (C=O) groups is 4. The number of benzene rings is 1. The molecule has 1 aliphatic carbocycles. The summed E-state index contributed by atoms with van der Waals surface area (Å²) in [6.07, 6.45) is -0.425. The van der Waals surface area contributed by atoms with E-state index in [0.29, 0.717) is 11.6 Å². The van der Waals surface area contributed by atoms with Crippen molar-refractivity contribution in [3.8, 4) is 0 Å². The van der Waals surface area contributed by atoms with E-state index in [2.05, 4.69) is 11.0 Å². The summed E-state index contributed by atoms with van der Waals surface area (Å²) < 4.78 is 34.3. The van der Waals surface area contributed by atoms with Crippen molar-refractivity contribution < 1.29 is 75.2 Å². The SMILES string of the molecule is CCOC(=O)C(CC(=O)C1C2CC2CN1C(=O)OC(C)(C)C)C(=O)OF.Fc1c[c-]c(Cl)cc1.[Y]. The third-order valence-electron chi connectivity index (χ3n) is 5.18. The van der Waals surface area contributed by atoms with E-state index in [-0.39, 0.29) is 57.0 Å². The Morgan fingerprint density at radius 1 is 1.23 bits per heavy atom. The third-order valence-corrected chi connectivity index (χ3v) is 5.42. The Hall–Kier alpha value is -1.65. The molecule has 1 saturated heterocycles. The van der Waals surface area contributed by atoms with Gasteiger partial charge in [-0.1, -0.05) is 5.02 Å². The summed E-state index contributed by atoms with van der Waals surface area (Å²) in [6, 6.07) is 5.64. The fraction of sp³-hybridized carbons (Fsp3) is 0.565. The summed E-state index contributed by atoms with van der Waals surface area (Å²) in [5, 5.41) is 0.436. The first kappa shape index (κ1) is 31.4. The first-order valence-corrected chi connectivity index (χ1v) is 11.1. The number of hydrogen-bond donors (Lipinski definition) is 0. The van der Waals surface area contributed by atoms with Crippen molar-refractivity contribution in [3.63, 3.8) is 0 Å². The standard InChI is InChI=1S/C17H24FNO7.C6H3ClF.Y/c1-5-24-14(21)11(15(22)26-18)7-12(20)13-10-6-9(10)8-19(13)16(23)25-17(2,3)4;7-5-1-3-6(8)4-2-5;/h9-11,13H,5-8H2,1-4H3;1,3-4H;/q;-1;. The molecule has 1 radical (unpaired) electrons. The van der Waals surface area contributed by atoms with Crippen LogP contribution in [0.5, 0.6) is 0 Å². The number of rotatable bonds is 6. The van der Waals surface area contributed by atoms with E-state index >= 15 is 0 Å². The fourth-order valence-electron chi connectivity index (χ4n) is 3.65. The van der Waals surface area contributed by atoms with Gasteiger partial charge in [0, 0.05) is 56.0 Å². The second kappa shape index (κ2) is 13.6. The summed E-state index contributed by atoms with van der Waals surface area (Å²) in [7, 11) is 0. The van der Waals surface area contributed by atoms with Crippen LogP contribution in [0.2, 0.25) is 5.02 Å². The van der Waals surface area contributed by atoms with Gasteiger partial charge in [-0.2, -0.15) is 6.07 Å². The number of ether oxygens (including phenoxy) is 2. The van der Waals surface area contributed by atoms with Crippen LogP contribution in [0.3, 0.4) is 0 Å². The molecule has 1 amide bonds. The molecular formula is C23H27ClF2NO7Y-. The topological polar surface area (TPSA) is 99.2 Å². The molecule has 3 rings (SSSR count). The van der Waals surface area contributed by atoms with E-state index in [4.69, 9.17) is 21.1 Å². The number of fused-ring (bicyclic) bond motifs is 1. The van der Waals surface area contributed by atoms with E-state index in [1.165, 1.54) is 30.0 Å². The maximum Gasteiger partial charge on any atom is 0.410 e. The van der Waals surface area contributed by atoms with Gasteiger partial charge in [0.05, 0.1) is 12.6 Å². The van der Waals surface area contributed by atoms with E-state index in [1.54, 1.807) is 20.8 Å². The van der Waals surface area contributed by atoms with Crippen molar-refractivity contribution in [2.75, 3.05) is 13.2 Å². The Labute approximate surface area is 232 Å². The van der Waals surface area contributed by atoms with Crippen LogP contribution in [-0.2, 0) is 61.5 Å². The molecule has 4 atom stereocenters. The molecule has 0 bridgehead atoms. The summed E-state index contributed by atoms with van der Waals surface area (Å²) in [5.41, 5.74) is -0.719. The maximum absolute atomic E-state index is 12.7. The second-order valence-electron chi connectivity index (χ2n) is 8.96. The van der Waals surface area contributed by atoms with E-state index in [0.717, 1.165) is 6.42 Å². The predicted octanol–water partition coefficient (Wildman–Crippen LogP) is 4.08. The van der Waals surface area contributed by atoms with Crippen molar-refractivity contribution in [1.29, 1.82) is 0 Å². The molecule has 35 heavy (non-hydrogen) atoms. The summed E-state index contributed by atoms with van der Waals surface area (Å²) in [4.78, 5) is 52.9. The van der Waals surface area contributed by atoms with Gasteiger partial charge in [0.1, 0.15) is 5.60 Å². The number of amides is 1. The van der Waals surface area contributed by atoms with Gasteiger partial charge in [-0.15, -0.1) is 29.8 Å². The zero-order valence-corrected chi connectivity index (χ0v) is 23.5. The average Bonchev–Trinajstić information content (AvgIpc) is 3.42. The van der Waals surface area contributed by atoms with Crippen molar-refractivity contribution in [3.05, 3.63) is 35.1 Å². The van der Waals surface area contributed by atoms with Crippen LogP contribution in [0.4, 0.5) is 13.7 Å². The molecule has 2 aliphatic rings. The largest absolute Gasteiger partial charge is 0.465 e. The smallest absolute Gasteiger partial charge is 0.410 e. The molecule has 1 saturated carbocycles. The second-order valence-corrected chi connectivity index (χ2v) is 9.37. The normalized spacial score (nSPS) is 20.8. The van der Waals surface area contributed by atoms with Crippen molar-refractivity contribution in [2.24, 2.45) is 17.8 Å². The van der Waals surface area contributed by atoms with Crippen molar-refractivity contribution in [2.45, 2.75) is 52.2 Å². The molecule has 191 valence electrons. The van der Waals surface area contributed by atoms with Crippen LogP contribution in [0.1, 0.15) is 40.5 Å². The van der Waals surface area contributed by atoms with Crippen LogP contribution < -0.4 is 0 Å². The molecule has 0 aromatic heterocycles. The minimum atomic E-state index is -1.69. The number of likely N-dealkylation sites (tertiary alicyclic amines) is 1. The van der Waals surface area contributed by atoms with Crippen molar-refractivity contribution >= 4 is 35.4 Å². The number of carbonyl (C=O) groups excluding carboxylic acids is 4. The number of esters is 1. The predicted molar refractivity (Wildman–Crippen MR) is 116 cm³/mol. The van der Waals surface area contributed by atoms with Gasteiger partial charge in [-0.3, -0.25) is 23.8 Å². The van der Waals surface area contributed by atoms with Crippen LogP contribution in [0.25, 0.3) is 0 Å². The molecular weight excluding hydrogens is 565 g/mol. The van der Waals surface area contributed by atoms with Gasteiger partial charge < -0.3 is 9.47 Å². The first-order chi connectivity index (χ1) is 15.9. The quantitative estimate of drug-likeness (QED) is 0.279. The third kappa shape index (κ3) is 9.39. The molecule has 8 nitrogen and oxygen atoms in total. The first-order valence-electron chi connectivity index (χ1n) is 10.7. The Balaban J connectivity index is 0.000000577. The summed E-state index contributed by atoms with van der Waals surface area (Å²) in [5.74, 6) is -4.85. The van der Waals surface area contributed by atoms with Crippen molar-refractivity contribution in [1.82, 2.24) is 4.90 Å². The van der Waals surface area contributed by atoms with E-state index in [9.17, 15) is 28.1 Å². The van der Waals surface area contributed by atoms with E-state index < -0.39 is 47.8 Å². The fourth-order valence-corrected chi connectivity index (χ4v) is 3.77. The maximum atomic E-state index is 12.7. The zero-order chi connectivity index (χ0) is 25.6. The zero-order valence-electron chi connectivity index (χ0n) is 19.9. The van der Waals surface area contributed by atoms with Gasteiger partial charge in [0.2, 0.25) is 0 Å². The Morgan fingerprint density at radius 3 is 2.37 bits per heavy atom. The summed E-state index contributed by atoms with van der Waals surface area (Å²) >= 11 is 5.39. The molecule has 4 unspecified atom stereocenters. The molecule has 1 heterocycles. The molecule has 0 spiro atoms. The van der Waals surface area contributed by atoms with Gasteiger partial charge in [0.15, 0.2) is 11.7 Å². The Morgan fingerprint density at radius 2 is 1.89 bits per heavy atom. The Bertz CT molecular complexity index is 889. The average molecular weight is 592 g/mol. The molecule has 2 fully saturated rings. The molecule has 1 aromatic carbocycles. The minimum absolute atomic E-state index is 0. The number of Topliss-reactive ketones (excluding diaryl/α,β-unsaturated/α-hetero) is 1. The molecule has 12 heteroatoms. The van der Waals surface area contributed by atoms with Crippen LogP contribution in [0, 0.1) is 29.6 Å². The van der Waals surface area contributed by atoms with Crippen LogP contribution >= 0.6 is 11.6 Å². The van der Waals surface area contributed by atoms with Gasteiger partial charge >= 0.3 is 18.0 Å². The van der Waals surface area contributed by atoms with Gasteiger partial charge in [-0.05, 0) is 46.0 Å². The van der Waals surface area contributed by atoms with Gasteiger partial charge in [0.25, 0.3) is 0 Å². The molecule has 0 N–H and O–H groups in total. The Kier molecular flexibility index (Phi) is 12.2. The summed E-state index contributed by atoms with van der Waals surface area (Å²) in [6.45, 7) is 7.02.